The third kappa shape index (κ3) is 3.34. The monoisotopic (exact) mass is 284 g/mol. The van der Waals surface area contributed by atoms with E-state index in [9.17, 15) is 0 Å². The van der Waals surface area contributed by atoms with Gasteiger partial charge in [0, 0.05) is 38.6 Å². The Hall–Kier alpha value is -1.65. The summed E-state index contributed by atoms with van der Waals surface area (Å²) in [6, 6.07) is 9.07. The molecule has 1 unspecified atom stereocenters. The van der Waals surface area contributed by atoms with Crippen LogP contribution in [0, 0.1) is 0 Å². The van der Waals surface area contributed by atoms with Crippen LogP contribution in [0.15, 0.2) is 36.7 Å². The van der Waals surface area contributed by atoms with Gasteiger partial charge in [-0.05, 0) is 24.1 Å². The molecular formula is C17H24N4. The lowest BCUT2D eigenvalue weighted by molar-refractivity contribution is 0.209. The van der Waals surface area contributed by atoms with Gasteiger partial charge in [-0.2, -0.15) is 0 Å². The lowest BCUT2D eigenvalue weighted by atomic mass is 10.00. The first-order chi connectivity index (χ1) is 10.3. The van der Waals surface area contributed by atoms with Crippen LogP contribution in [0.25, 0.3) is 0 Å². The second-order valence-corrected chi connectivity index (χ2v) is 5.95. The zero-order valence-corrected chi connectivity index (χ0v) is 12.9. The number of fused-ring (bicyclic) bond motifs is 1. The van der Waals surface area contributed by atoms with Crippen LogP contribution in [-0.4, -0.2) is 34.6 Å². The number of nitrogens with one attached hydrogen (secondary N) is 1. The van der Waals surface area contributed by atoms with Gasteiger partial charge in [-0.25, -0.2) is 4.98 Å². The van der Waals surface area contributed by atoms with E-state index in [-0.39, 0.29) is 0 Å². The Morgan fingerprint density at radius 3 is 2.81 bits per heavy atom. The first kappa shape index (κ1) is 14.3. The van der Waals surface area contributed by atoms with Crippen molar-refractivity contribution in [3.8, 4) is 0 Å². The molecule has 0 spiro atoms. The molecule has 4 heteroatoms. The molecule has 112 valence electrons. The van der Waals surface area contributed by atoms with E-state index in [4.69, 9.17) is 0 Å². The molecule has 0 saturated heterocycles. The van der Waals surface area contributed by atoms with E-state index in [1.165, 1.54) is 17.0 Å². The molecule has 1 N–H and O–H groups in total. The van der Waals surface area contributed by atoms with Crippen LogP contribution in [0.5, 0.6) is 0 Å². The molecule has 0 aliphatic carbocycles. The van der Waals surface area contributed by atoms with Crippen molar-refractivity contribution in [2.75, 3.05) is 20.1 Å². The van der Waals surface area contributed by atoms with E-state index in [1.54, 1.807) is 0 Å². The maximum absolute atomic E-state index is 4.42. The summed E-state index contributed by atoms with van der Waals surface area (Å²) in [4.78, 5) is 6.89. The molecule has 0 bridgehead atoms. The fraction of sp³-hybridized carbons (Fsp3) is 0.471. The molecule has 1 aromatic carbocycles. The quantitative estimate of drug-likeness (QED) is 0.914. The number of rotatable bonds is 5. The maximum atomic E-state index is 4.42. The summed E-state index contributed by atoms with van der Waals surface area (Å²) in [5, 5.41) is 3.24. The minimum absolute atomic E-state index is 0.562. The lowest BCUT2D eigenvalue weighted by Gasteiger charge is -2.27. The van der Waals surface area contributed by atoms with Crippen molar-refractivity contribution in [1.82, 2.24) is 19.8 Å². The van der Waals surface area contributed by atoms with Gasteiger partial charge in [0.05, 0.1) is 6.54 Å². The third-order valence-corrected chi connectivity index (χ3v) is 4.29. The summed E-state index contributed by atoms with van der Waals surface area (Å²) in [5.74, 6) is 1.74. The fourth-order valence-corrected chi connectivity index (χ4v) is 2.99. The normalized spacial score (nSPS) is 16.7. The molecule has 3 rings (SSSR count). The molecule has 4 nitrogen and oxygen atoms in total. The van der Waals surface area contributed by atoms with Crippen molar-refractivity contribution < 1.29 is 0 Å². The highest BCUT2D eigenvalue weighted by molar-refractivity contribution is 5.25. The van der Waals surface area contributed by atoms with E-state index in [1.807, 2.05) is 13.2 Å². The molecule has 2 aromatic rings. The van der Waals surface area contributed by atoms with Crippen LogP contribution in [0.3, 0.4) is 0 Å². The van der Waals surface area contributed by atoms with Crippen LogP contribution in [0.1, 0.15) is 29.8 Å². The SMILES string of the molecule is CNCC(C)c1ccc(CN2CCn3ccnc3C2)cc1. The van der Waals surface area contributed by atoms with E-state index >= 15 is 0 Å². The van der Waals surface area contributed by atoms with Crippen molar-refractivity contribution in [1.29, 1.82) is 0 Å². The molecule has 2 heterocycles. The molecule has 0 saturated carbocycles. The average molecular weight is 284 g/mol. The van der Waals surface area contributed by atoms with Gasteiger partial charge in [0.2, 0.25) is 0 Å². The minimum Gasteiger partial charge on any atom is -0.333 e. The Kier molecular flexibility index (Phi) is 4.36. The topological polar surface area (TPSA) is 33.1 Å². The largest absolute Gasteiger partial charge is 0.333 e. The van der Waals surface area contributed by atoms with Gasteiger partial charge < -0.3 is 9.88 Å². The Balaban J connectivity index is 1.61. The maximum Gasteiger partial charge on any atom is 0.122 e. The predicted octanol–water partition coefficient (Wildman–Crippen LogP) is 2.22. The van der Waals surface area contributed by atoms with Crippen molar-refractivity contribution in [3.05, 3.63) is 53.6 Å². The second-order valence-electron chi connectivity index (χ2n) is 5.95. The molecule has 1 aromatic heterocycles. The average Bonchev–Trinajstić information content (AvgIpc) is 2.96. The molecule has 1 atom stereocenters. The smallest absolute Gasteiger partial charge is 0.122 e. The number of aromatic nitrogens is 2. The number of imidazole rings is 1. The highest BCUT2D eigenvalue weighted by Gasteiger charge is 2.16. The van der Waals surface area contributed by atoms with Gasteiger partial charge in [-0.1, -0.05) is 31.2 Å². The highest BCUT2D eigenvalue weighted by atomic mass is 15.2. The van der Waals surface area contributed by atoms with E-state index in [2.05, 4.69) is 57.2 Å². The van der Waals surface area contributed by atoms with Gasteiger partial charge in [0.15, 0.2) is 0 Å². The molecule has 1 aliphatic heterocycles. The molecule has 21 heavy (non-hydrogen) atoms. The Bertz CT molecular complexity index is 573. The van der Waals surface area contributed by atoms with Gasteiger partial charge in [0.25, 0.3) is 0 Å². The first-order valence-electron chi connectivity index (χ1n) is 7.72. The number of nitrogens with zero attached hydrogens (tertiary/aromatic N) is 3. The number of benzene rings is 1. The molecule has 0 fully saturated rings. The van der Waals surface area contributed by atoms with Crippen molar-refractivity contribution >= 4 is 0 Å². The van der Waals surface area contributed by atoms with Crippen molar-refractivity contribution in [2.24, 2.45) is 0 Å². The summed E-state index contributed by atoms with van der Waals surface area (Å²) < 4.78 is 2.25. The third-order valence-electron chi connectivity index (χ3n) is 4.29. The van der Waals surface area contributed by atoms with Gasteiger partial charge in [-0.3, -0.25) is 4.90 Å². The van der Waals surface area contributed by atoms with Crippen LogP contribution in [0.2, 0.25) is 0 Å². The van der Waals surface area contributed by atoms with Crippen LogP contribution in [0.4, 0.5) is 0 Å². The Morgan fingerprint density at radius 1 is 1.24 bits per heavy atom. The van der Waals surface area contributed by atoms with Gasteiger partial charge in [0.1, 0.15) is 5.82 Å². The molecule has 0 amide bonds. The number of likely N-dealkylation sites (N-methyl/N-ethyl adjacent to an activating group) is 1. The predicted molar refractivity (Wildman–Crippen MR) is 85.1 cm³/mol. The minimum atomic E-state index is 0.562. The highest BCUT2D eigenvalue weighted by Crippen LogP contribution is 2.18. The summed E-state index contributed by atoms with van der Waals surface area (Å²) in [5.41, 5.74) is 2.79. The van der Waals surface area contributed by atoms with E-state index < -0.39 is 0 Å². The van der Waals surface area contributed by atoms with E-state index in [0.29, 0.717) is 5.92 Å². The molecule has 0 radical (unpaired) electrons. The lowest BCUT2D eigenvalue weighted by Crippen LogP contribution is -2.33. The van der Waals surface area contributed by atoms with Crippen molar-refractivity contribution in [3.63, 3.8) is 0 Å². The summed E-state index contributed by atoms with van der Waals surface area (Å²) in [6.45, 7) is 7.39. The molecular weight excluding hydrogens is 260 g/mol. The van der Waals surface area contributed by atoms with Crippen molar-refractivity contribution in [2.45, 2.75) is 32.5 Å². The van der Waals surface area contributed by atoms with Crippen LogP contribution >= 0.6 is 0 Å². The van der Waals surface area contributed by atoms with Gasteiger partial charge >= 0.3 is 0 Å². The van der Waals surface area contributed by atoms with Gasteiger partial charge in [-0.15, -0.1) is 0 Å². The summed E-state index contributed by atoms with van der Waals surface area (Å²) in [7, 11) is 2.01. The zero-order valence-electron chi connectivity index (χ0n) is 12.9. The summed E-state index contributed by atoms with van der Waals surface area (Å²) >= 11 is 0. The second kappa shape index (κ2) is 6.41. The van der Waals surface area contributed by atoms with E-state index in [0.717, 1.165) is 32.7 Å². The number of hydrogen-bond acceptors (Lipinski definition) is 3. The van der Waals surface area contributed by atoms with Crippen LogP contribution in [-0.2, 0) is 19.6 Å². The van der Waals surface area contributed by atoms with Crippen LogP contribution < -0.4 is 5.32 Å². The summed E-state index contributed by atoms with van der Waals surface area (Å²) in [6.07, 6.45) is 3.97. The Morgan fingerprint density at radius 2 is 2.05 bits per heavy atom. The first-order valence-corrected chi connectivity index (χ1v) is 7.72. The molecule has 1 aliphatic rings. The Labute approximate surface area is 126 Å². The fourth-order valence-electron chi connectivity index (χ4n) is 2.99. The zero-order chi connectivity index (χ0) is 14.7. The number of hydrogen-bond donors (Lipinski definition) is 1. The standard InChI is InChI=1S/C17H24N4/c1-14(11-18-2)16-5-3-15(4-6-16)12-20-9-10-21-8-7-19-17(21)13-20/h3-8,14,18H,9-13H2,1-2H3.